The lowest BCUT2D eigenvalue weighted by Crippen LogP contribution is -2.20. The molecule has 1 aromatic heterocycles. The maximum absolute atomic E-state index is 5.52. The highest BCUT2D eigenvalue weighted by molar-refractivity contribution is 5.43. The molecule has 2 N–H and O–H groups in total. The van der Waals surface area contributed by atoms with E-state index in [1.807, 2.05) is 12.4 Å². The fraction of sp³-hybridized carbons (Fsp3) is 0.231. The molecular weight excluding hydrogens is 198 g/mol. The van der Waals surface area contributed by atoms with E-state index in [0.29, 0.717) is 12.5 Å². The Hall–Kier alpha value is -1.74. The van der Waals surface area contributed by atoms with Crippen LogP contribution in [0.3, 0.4) is 0 Å². The van der Waals surface area contributed by atoms with Gasteiger partial charge in [-0.3, -0.25) is 0 Å². The van der Waals surface area contributed by atoms with E-state index in [1.165, 1.54) is 11.1 Å². The van der Waals surface area contributed by atoms with E-state index in [4.69, 9.17) is 5.73 Å². The summed E-state index contributed by atoms with van der Waals surface area (Å²) in [5, 5.41) is 0. The number of fused-ring (bicyclic) bond motifs is 1. The number of nitrogens with two attached hydrogens (primary N) is 1. The van der Waals surface area contributed by atoms with Crippen molar-refractivity contribution in [1.82, 2.24) is 9.97 Å². The van der Waals surface area contributed by atoms with Crippen LogP contribution in [-0.2, 0) is 13.0 Å². The van der Waals surface area contributed by atoms with Gasteiger partial charge in [0.1, 0.15) is 5.82 Å². The van der Waals surface area contributed by atoms with Crippen molar-refractivity contribution in [2.45, 2.75) is 18.9 Å². The van der Waals surface area contributed by atoms with Crippen molar-refractivity contribution in [3.8, 4) is 0 Å². The van der Waals surface area contributed by atoms with E-state index < -0.39 is 0 Å². The first kappa shape index (κ1) is 9.48. The fourth-order valence-corrected chi connectivity index (χ4v) is 2.14. The molecule has 0 saturated carbocycles. The average Bonchev–Trinajstić information content (AvgIpc) is 2.32. The molecule has 1 aliphatic rings. The van der Waals surface area contributed by atoms with Crippen molar-refractivity contribution in [3.05, 3.63) is 59.2 Å². The Kier molecular flexibility index (Phi) is 2.18. The zero-order valence-electron chi connectivity index (χ0n) is 8.93. The monoisotopic (exact) mass is 211 g/mol. The minimum absolute atomic E-state index is 0.378. The molecule has 1 aromatic carbocycles. The number of rotatable bonds is 2. The third-order valence-electron chi connectivity index (χ3n) is 3.13. The van der Waals surface area contributed by atoms with Crippen LogP contribution in [0.2, 0.25) is 0 Å². The van der Waals surface area contributed by atoms with Crippen LogP contribution in [-0.4, -0.2) is 9.97 Å². The van der Waals surface area contributed by atoms with E-state index >= 15 is 0 Å². The van der Waals surface area contributed by atoms with Gasteiger partial charge in [-0.1, -0.05) is 24.3 Å². The summed E-state index contributed by atoms with van der Waals surface area (Å²) in [4.78, 5) is 8.76. The van der Waals surface area contributed by atoms with Gasteiger partial charge in [0, 0.05) is 30.4 Å². The first-order valence-corrected chi connectivity index (χ1v) is 5.47. The molecule has 3 rings (SSSR count). The molecule has 2 aromatic rings. The van der Waals surface area contributed by atoms with Crippen LogP contribution < -0.4 is 5.73 Å². The average molecular weight is 211 g/mol. The van der Waals surface area contributed by atoms with Crippen LogP contribution >= 0.6 is 0 Å². The Morgan fingerprint density at radius 1 is 1.19 bits per heavy atom. The summed E-state index contributed by atoms with van der Waals surface area (Å²) in [5.74, 6) is 1.29. The lowest BCUT2D eigenvalue weighted by Gasteiger charge is -2.28. The molecule has 1 unspecified atom stereocenters. The van der Waals surface area contributed by atoms with E-state index in [-0.39, 0.29) is 0 Å². The first-order chi connectivity index (χ1) is 7.88. The van der Waals surface area contributed by atoms with Crippen LogP contribution in [0, 0.1) is 0 Å². The highest BCUT2D eigenvalue weighted by Crippen LogP contribution is 2.37. The zero-order valence-corrected chi connectivity index (χ0v) is 8.93. The van der Waals surface area contributed by atoms with Crippen molar-refractivity contribution in [1.29, 1.82) is 0 Å². The first-order valence-electron chi connectivity index (χ1n) is 5.47. The summed E-state index contributed by atoms with van der Waals surface area (Å²) in [5.41, 5.74) is 9.28. The maximum Gasteiger partial charge on any atom is 0.136 e. The third kappa shape index (κ3) is 1.41. The van der Waals surface area contributed by atoms with Crippen LogP contribution in [0.5, 0.6) is 0 Å². The van der Waals surface area contributed by atoms with Crippen LogP contribution in [0.1, 0.15) is 28.4 Å². The predicted molar refractivity (Wildman–Crippen MR) is 61.9 cm³/mol. The summed E-state index contributed by atoms with van der Waals surface area (Å²) < 4.78 is 0. The van der Waals surface area contributed by atoms with Crippen molar-refractivity contribution < 1.29 is 0 Å². The minimum Gasteiger partial charge on any atom is -0.326 e. The zero-order chi connectivity index (χ0) is 11.0. The highest BCUT2D eigenvalue weighted by Gasteiger charge is 2.28. The Morgan fingerprint density at radius 2 is 1.94 bits per heavy atom. The van der Waals surface area contributed by atoms with Gasteiger partial charge < -0.3 is 5.73 Å². The Labute approximate surface area is 94.4 Å². The lowest BCUT2D eigenvalue weighted by atomic mass is 9.77. The molecule has 0 amide bonds. The summed E-state index contributed by atoms with van der Waals surface area (Å²) in [6, 6.07) is 8.47. The van der Waals surface area contributed by atoms with E-state index in [1.54, 1.807) is 0 Å². The summed E-state index contributed by atoms with van der Waals surface area (Å²) in [6.07, 6.45) is 4.70. The smallest absolute Gasteiger partial charge is 0.136 e. The Bertz CT molecular complexity index is 505. The topological polar surface area (TPSA) is 51.8 Å². The number of aromatic nitrogens is 2. The molecule has 16 heavy (non-hydrogen) atoms. The Morgan fingerprint density at radius 3 is 2.62 bits per heavy atom. The molecule has 1 atom stereocenters. The van der Waals surface area contributed by atoms with Crippen molar-refractivity contribution in [2.24, 2.45) is 5.73 Å². The summed E-state index contributed by atoms with van der Waals surface area (Å²) in [7, 11) is 0. The normalized spacial score (nSPS) is 17.7. The van der Waals surface area contributed by atoms with Gasteiger partial charge in [0.05, 0.1) is 0 Å². The largest absolute Gasteiger partial charge is 0.326 e. The summed E-state index contributed by atoms with van der Waals surface area (Å²) in [6.45, 7) is 0.502. The molecule has 0 spiro atoms. The highest BCUT2D eigenvalue weighted by atomic mass is 14.9. The van der Waals surface area contributed by atoms with Gasteiger partial charge in [-0.15, -0.1) is 0 Å². The van der Waals surface area contributed by atoms with Gasteiger partial charge in [-0.25, -0.2) is 9.97 Å². The van der Waals surface area contributed by atoms with Crippen molar-refractivity contribution in [3.63, 3.8) is 0 Å². The van der Waals surface area contributed by atoms with Crippen LogP contribution in [0.15, 0.2) is 36.7 Å². The molecule has 0 saturated heterocycles. The SMILES string of the molecule is NCc1cnc(C2Cc3ccccc32)nc1. The van der Waals surface area contributed by atoms with E-state index in [2.05, 4.69) is 34.2 Å². The molecule has 3 heteroatoms. The van der Waals surface area contributed by atoms with Crippen molar-refractivity contribution >= 4 is 0 Å². The molecule has 0 aliphatic heterocycles. The van der Waals surface area contributed by atoms with E-state index in [0.717, 1.165) is 17.8 Å². The second kappa shape index (κ2) is 3.68. The van der Waals surface area contributed by atoms with Gasteiger partial charge >= 0.3 is 0 Å². The third-order valence-corrected chi connectivity index (χ3v) is 3.13. The minimum atomic E-state index is 0.378. The molecular formula is C13H13N3. The molecule has 0 fully saturated rings. The van der Waals surface area contributed by atoms with Gasteiger partial charge in [0.25, 0.3) is 0 Å². The number of hydrogen-bond acceptors (Lipinski definition) is 3. The van der Waals surface area contributed by atoms with Crippen molar-refractivity contribution in [2.75, 3.05) is 0 Å². The number of benzene rings is 1. The quantitative estimate of drug-likeness (QED) is 0.821. The molecule has 0 bridgehead atoms. The van der Waals surface area contributed by atoms with Gasteiger partial charge in [-0.2, -0.15) is 0 Å². The molecule has 80 valence electrons. The van der Waals surface area contributed by atoms with Gasteiger partial charge in [0.2, 0.25) is 0 Å². The Balaban J connectivity index is 1.90. The second-order valence-corrected chi connectivity index (χ2v) is 4.11. The molecule has 1 aliphatic carbocycles. The maximum atomic E-state index is 5.52. The lowest BCUT2D eigenvalue weighted by molar-refractivity contribution is 0.657. The number of nitrogens with zero attached hydrogens (tertiary/aromatic N) is 2. The number of hydrogen-bond donors (Lipinski definition) is 1. The van der Waals surface area contributed by atoms with E-state index in [9.17, 15) is 0 Å². The van der Waals surface area contributed by atoms with Crippen LogP contribution in [0.25, 0.3) is 0 Å². The summed E-state index contributed by atoms with van der Waals surface area (Å²) >= 11 is 0. The standard InChI is InChI=1S/C13H13N3/c14-6-9-7-15-13(16-8-9)12-5-10-3-1-2-4-11(10)12/h1-4,7-8,12H,5-6,14H2. The molecule has 0 radical (unpaired) electrons. The van der Waals surface area contributed by atoms with Gasteiger partial charge in [-0.05, 0) is 17.5 Å². The molecule has 3 nitrogen and oxygen atoms in total. The predicted octanol–water partition coefficient (Wildman–Crippen LogP) is 1.62. The van der Waals surface area contributed by atoms with Crippen LogP contribution in [0.4, 0.5) is 0 Å². The second-order valence-electron chi connectivity index (χ2n) is 4.11. The fourth-order valence-electron chi connectivity index (χ4n) is 2.14. The van der Waals surface area contributed by atoms with Gasteiger partial charge in [0.15, 0.2) is 0 Å². The molecule has 1 heterocycles.